The second-order valence-corrected chi connectivity index (χ2v) is 5.77. The van der Waals surface area contributed by atoms with E-state index in [0.717, 1.165) is 17.4 Å². The molecule has 1 amide bonds. The number of phenols is 1. The van der Waals surface area contributed by atoms with Crippen molar-refractivity contribution in [2.75, 3.05) is 12.3 Å². The highest BCUT2D eigenvalue weighted by atomic mass is 32.1. The zero-order valence-electron chi connectivity index (χ0n) is 13.3. The van der Waals surface area contributed by atoms with Crippen LogP contribution in [0.4, 0.5) is 10.8 Å². The minimum atomic E-state index is -0.739. The molecule has 4 N–H and O–H groups in total. The third-order valence-corrected chi connectivity index (χ3v) is 3.96. The summed E-state index contributed by atoms with van der Waals surface area (Å²) in [4.78, 5) is 26.5. The fourth-order valence-electron chi connectivity index (χ4n) is 1.94. The Morgan fingerprint density at radius 2 is 2.32 bits per heavy atom. The summed E-state index contributed by atoms with van der Waals surface area (Å²) in [5.74, 6) is -1.11. The molecule has 2 rings (SSSR count). The highest BCUT2D eigenvalue weighted by Gasteiger charge is 2.20. The van der Waals surface area contributed by atoms with Crippen molar-refractivity contribution in [1.29, 1.82) is 0 Å². The van der Waals surface area contributed by atoms with Crippen LogP contribution < -0.4 is 15.9 Å². The first-order valence-corrected chi connectivity index (χ1v) is 7.85. The Kier molecular flexibility index (Phi) is 5.49. The number of anilines is 1. The molecule has 0 radical (unpaired) electrons. The topological polar surface area (TPSA) is 153 Å². The molecular weight excluding hydrogens is 350 g/mol. The van der Waals surface area contributed by atoms with E-state index in [1.807, 2.05) is 0 Å². The number of nitro groups is 1. The van der Waals surface area contributed by atoms with Gasteiger partial charge in [-0.25, -0.2) is 10.4 Å². The number of aromatic nitrogens is 1. The van der Waals surface area contributed by atoms with Gasteiger partial charge in [0.25, 0.3) is 5.91 Å². The molecule has 10 nitrogen and oxygen atoms in total. The lowest BCUT2D eigenvalue weighted by Gasteiger charge is -2.07. The van der Waals surface area contributed by atoms with E-state index in [-0.39, 0.29) is 23.1 Å². The van der Waals surface area contributed by atoms with Crippen molar-refractivity contribution in [3.63, 3.8) is 0 Å². The number of hydrogen-bond donors (Lipinski definition) is 3. The van der Waals surface area contributed by atoms with Crippen LogP contribution in [0.15, 0.2) is 17.2 Å². The molecule has 0 bridgehead atoms. The molecule has 0 saturated carbocycles. The predicted octanol–water partition coefficient (Wildman–Crippen LogP) is 1.81. The molecule has 1 aromatic heterocycles. The van der Waals surface area contributed by atoms with Gasteiger partial charge in [0.2, 0.25) is 5.75 Å². The highest BCUT2D eigenvalue weighted by Crippen LogP contribution is 2.36. The molecule has 25 heavy (non-hydrogen) atoms. The van der Waals surface area contributed by atoms with E-state index in [1.54, 1.807) is 13.8 Å². The van der Waals surface area contributed by atoms with Crippen LogP contribution in [-0.2, 0) is 0 Å². The van der Waals surface area contributed by atoms with Crippen molar-refractivity contribution in [2.24, 2.45) is 5.10 Å². The number of rotatable bonds is 6. The summed E-state index contributed by atoms with van der Waals surface area (Å²) in [6.45, 7) is 3.53. The average Bonchev–Trinajstić information content (AvgIpc) is 2.88. The molecule has 0 unspecified atom stereocenters. The van der Waals surface area contributed by atoms with Gasteiger partial charge in [-0.1, -0.05) is 11.3 Å². The number of thiazole rings is 1. The summed E-state index contributed by atoms with van der Waals surface area (Å²) in [6.07, 6.45) is 1.20. The van der Waals surface area contributed by atoms with E-state index in [1.165, 1.54) is 12.3 Å². The van der Waals surface area contributed by atoms with E-state index >= 15 is 0 Å². The second kappa shape index (κ2) is 7.57. The van der Waals surface area contributed by atoms with Gasteiger partial charge in [-0.3, -0.25) is 14.9 Å². The molecule has 2 aromatic rings. The number of aromatic hydroxyl groups is 1. The SMILES string of the molecule is CCOc1cc(C=NNC(=O)c2sc(N)nc2C)cc([N+](=O)[O-])c1O. The first-order chi connectivity index (χ1) is 11.8. The van der Waals surface area contributed by atoms with Gasteiger partial charge < -0.3 is 15.6 Å². The number of hydrazone groups is 1. The molecule has 0 saturated heterocycles. The quantitative estimate of drug-likeness (QED) is 0.401. The van der Waals surface area contributed by atoms with E-state index < -0.39 is 22.3 Å². The number of carbonyl (C=O) groups is 1. The van der Waals surface area contributed by atoms with Crippen molar-refractivity contribution in [3.8, 4) is 11.5 Å². The van der Waals surface area contributed by atoms with Gasteiger partial charge in [-0.05, 0) is 19.9 Å². The van der Waals surface area contributed by atoms with Crippen LogP contribution in [0, 0.1) is 17.0 Å². The first kappa shape index (κ1) is 18.1. The van der Waals surface area contributed by atoms with E-state index in [0.29, 0.717) is 10.6 Å². The Hall–Kier alpha value is -3.21. The Labute approximate surface area is 146 Å². The Morgan fingerprint density at radius 1 is 1.60 bits per heavy atom. The fourth-order valence-corrected chi connectivity index (χ4v) is 2.66. The van der Waals surface area contributed by atoms with Gasteiger partial charge >= 0.3 is 5.69 Å². The smallest absolute Gasteiger partial charge is 0.315 e. The van der Waals surface area contributed by atoms with Gasteiger partial charge in [0.15, 0.2) is 10.9 Å². The van der Waals surface area contributed by atoms with E-state index in [2.05, 4.69) is 15.5 Å². The Bertz CT molecular complexity index is 848. The van der Waals surface area contributed by atoms with Crippen LogP contribution in [0.3, 0.4) is 0 Å². The predicted molar refractivity (Wildman–Crippen MR) is 92.3 cm³/mol. The number of carbonyl (C=O) groups excluding carboxylic acids is 1. The van der Waals surface area contributed by atoms with Crippen LogP contribution >= 0.6 is 11.3 Å². The number of phenolic OH excluding ortho intramolecular Hbond substituents is 1. The monoisotopic (exact) mass is 365 g/mol. The largest absolute Gasteiger partial charge is 0.500 e. The first-order valence-electron chi connectivity index (χ1n) is 7.04. The maximum Gasteiger partial charge on any atom is 0.315 e. The average molecular weight is 365 g/mol. The molecule has 0 spiro atoms. The van der Waals surface area contributed by atoms with E-state index in [9.17, 15) is 20.0 Å². The minimum Gasteiger partial charge on any atom is -0.500 e. The number of nitrogens with zero attached hydrogens (tertiary/aromatic N) is 3. The Balaban J connectivity index is 2.21. The number of nitrogens with two attached hydrogens (primary N) is 1. The van der Waals surface area contributed by atoms with Gasteiger partial charge in [0, 0.05) is 11.6 Å². The zero-order valence-corrected chi connectivity index (χ0v) is 14.2. The lowest BCUT2D eigenvalue weighted by atomic mass is 10.2. The van der Waals surface area contributed by atoms with Crippen LogP contribution in [0.25, 0.3) is 0 Å². The van der Waals surface area contributed by atoms with E-state index in [4.69, 9.17) is 10.5 Å². The summed E-state index contributed by atoms with van der Waals surface area (Å²) >= 11 is 1.02. The van der Waals surface area contributed by atoms with Gasteiger partial charge in [-0.15, -0.1) is 0 Å². The highest BCUT2D eigenvalue weighted by molar-refractivity contribution is 7.17. The number of benzene rings is 1. The van der Waals surface area contributed by atoms with Crippen LogP contribution in [0.5, 0.6) is 11.5 Å². The number of nitrogens with one attached hydrogen (secondary N) is 1. The van der Waals surface area contributed by atoms with Crippen molar-refractivity contribution >= 4 is 34.3 Å². The molecule has 0 aliphatic heterocycles. The molecule has 1 heterocycles. The number of nitro benzene ring substituents is 1. The van der Waals surface area contributed by atoms with Gasteiger partial charge in [-0.2, -0.15) is 5.10 Å². The molecule has 0 atom stereocenters. The van der Waals surface area contributed by atoms with Crippen LogP contribution in [0.1, 0.15) is 27.9 Å². The summed E-state index contributed by atoms with van der Waals surface area (Å²) in [6, 6.07) is 2.49. The zero-order chi connectivity index (χ0) is 18.6. The summed E-state index contributed by atoms with van der Waals surface area (Å²) in [7, 11) is 0. The molecular formula is C14H15N5O5S. The number of hydrogen-bond acceptors (Lipinski definition) is 9. The lowest BCUT2D eigenvalue weighted by Crippen LogP contribution is -2.17. The third kappa shape index (κ3) is 4.20. The van der Waals surface area contributed by atoms with Gasteiger partial charge in [0.05, 0.1) is 23.4 Å². The number of ether oxygens (including phenoxy) is 1. The number of aryl methyl sites for hydroxylation is 1. The molecule has 132 valence electrons. The second-order valence-electron chi connectivity index (χ2n) is 4.74. The fraction of sp³-hybridized carbons (Fsp3) is 0.214. The maximum absolute atomic E-state index is 12.0. The maximum atomic E-state index is 12.0. The third-order valence-electron chi connectivity index (χ3n) is 2.97. The van der Waals surface area contributed by atoms with Crippen molar-refractivity contribution in [2.45, 2.75) is 13.8 Å². The minimum absolute atomic E-state index is 0.0458. The molecule has 0 aliphatic carbocycles. The molecule has 0 aliphatic rings. The standard InChI is InChI=1S/C14H15N5O5S/c1-3-24-10-5-8(4-9(11(10)20)19(22)23)6-16-18-13(21)12-7(2)17-14(15)25-12/h4-6,20H,3H2,1-2H3,(H2,15,17)(H,18,21). The normalized spacial score (nSPS) is 10.8. The molecule has 0 fully saturated rings. The molecule has 11 heteroatoms. The summed E-state index contributed by atoms with van der Waals surface area (Å²) < 4.78 is 5.16. The summed E-state index contributed by atoms with van der Waals surface area (Å²) in [5, 5.41) is 24.8. The Morgan fingerprint density at radius 3 is 2.88 bits per heavy atom. The van der Waals surface area contributed by atoms with Gasteiger partial charge in [0.1, 0.15) is 4.88 Å². The van der Waals surface area contributed by atoms with Crippen molar-refractivity contribution in [3.05, 3.63) is 38.4 Å². The lowest BCUT2D eigenvalue weighted by molar-refractivity contribution is -0.386. The van der Waals surface area contributed by atoms with Crippen molar-refractivity contribution in [1.82, 2.24) is 10.4 Å². The summed E-state index contributed by atoms with van der Waals surface area (Å²) in [5.41, 5.74) is 8.05. The number of nitrogen functional groups attached to an aromatic ring is 1. The number of amides is 1. The van der Waals surface area contributed by atoms with Crippen LogP contribution in [-0.4, -0.2) is 33.7 Å². The van der Waals surface area contributed by atoms with Crippen LogP contribution in [0.2, 0.25) is 0 Å². The van der Waals surface area contributed by atoms with Crippen molar-refractivity contribution < 1.29 is 19.6 Å². The molecule has 1 aromatic carbocycles.